The van der Waals surface area contributed by atoms with E-state index in [1.165, 1.54) is 12.1 Å². The Morgan fingerprint density at radius 2 is 2.08 bits per heavy atom. The van der Waals surface area contributed by atoms with Crippen molar-refractivity contribution in [2.75, 3.05) is 13.6 Å². The van der Waals surface area contributed by atoms with Crippen LogP contribution in [0.2, 0.25) is 0 Å². The Morgan fingerprint density at radius 1 is 1.33 bits per heavy atom. The molecule has 2 N–H and O–H groups in total. The molecule has 1 aromatic carbocycles. The van der Waals surface area contributed by atoms with Crippen molar-refractivity contribution < 1.29 is 4.92 Å². The molecular weight excluding hydrogens is 423 g/mol. The van der Waals surface area contributed by atoms with Gasteiger partial charge in [0.1, 0.15) is 0 Å². The molecule has 0 aliphatic heterocycles. The van der Waals surface area contributed by atoms with Crippen molar-refractivity contribution >= 4 is 35.6 Å². The molecule has 0 aliphatic carbocycles. The summed E-state index contributed by atoms with van der Waals surface area (Å²) < 4.78 is 1.88. The Bertz CT molecular complexity index is 642. The first-order valence-electron chi connectivity index (χ1n) is 7.34. The molecule has 0 unspecified atom stereocenters. The first-order valence-corrected chi connectivity index (χ1v) is 7.34. The van der Waals surface area contributed by atoms with E-state index in [1.807, 2.05) is 16.9 Å². The number of nitrogens with one attached hydrogen (secondary N) is 2. The fraction of sp³-hybridized carbons (Fsp3) is 0.333. The lowest BCUT2D eigenvalue weighted by atomic mass is 10.2. The zero-order chi connectivity index (χ0) is 16.5. The number of aliphatic imine (C=N–C) groups is 1. The number of guanidine groups is 1. The van der Waals surface area contributed by atoms with Crippen molar-refractivity contribution in [3.63, 3.8) is 0 Å². The van der Waals surface area contributed by atoms with Gasteiger partial charge in [-0.1, -0.05) is 12.1 Å². The Hall–Kier alpha value is -2.17. The molecule has 0 saturated heterocycles. The smallest absolute Gasteiger partial charge is 0.269 e. The van der Waals surface area contributed by atoms with Crippen LogP contribution in [0.25, 0.3) is 0 Å². The number of nitro groups is 1. The van der Waals surface area contributed by atoms with Gasteiger partial charge in [0.2, 0.25) is 0 Å². The SMILES string of the molecule is CN=C(NCCCn1cccn1)NCc1ccc([N+](=O)[O-])cc1.I. The van der Waals surface area contributed by atoms with Gasteiger partial charge in [0.25, 0.3) is 5.69 Å². The Kier molecular flexibility index (Phi) is 8.76. The number of hydrogen-bond acceptors (Lipinski definition) is 4. The van der Waals surface area contributed by atoms with Gasteiger partial charge in [0.05, 0.1) is 4.92 Å². The number of nitro benzene ring substituents is 1. The summed E-state index contributed by atoms with van der Waals surface area (Å²) in [6.45, 7) is 2.18. The van der Waals surface area contributed by atoms with Crippen LogP contribution < -0.4 is 10.6 Å². The maximum atomic E-state index is 10.6. The topological polar surface area (TPSA) is 97.4 Å². The molecule has 0 bridgehead atoms. The number of rotatable bonds is 7. The third kappa shape index (κ3) is 6.52. The highest BCUT2D eigenvalue weighted by molar-refractivity contribution is 14.0. The minimum atomic E-state index is -0.405. The molecule has 2 rings (SSSR count). The van der Waals surface area contributed by atoms with Gasteiger partial charge < -0.3 is 10.6 Å². The summed E-state index contributed by atoms with van der Waals surface area (Å²) in [5.41, 5.74) is 1.05. The first-order chi connectivity index (χ1) is 11.2. The third-order valence-electron chi connectivity index (χ3n) is 3.25. The summed E-state index contributed by atoms with van der Waals surface area (Å²) in [6, 6.07) is 8.36. The van der Waals surface area contributed by atoms with E-state index in [4.69, 9.17) is 0 Å². The fourth-order valence-electron chi connectivity index (χ4n) is 2.02. The van der Waals surface area contributed by atoms with Crippen LogP contribution in [0.3, 0.4) is 0 Å². The van der Waals surface area contributed by atoms with E-state index in [9.17, 15) is 10.1 Å². The summed E-state index contributed by atoms with van der Waals surface area (Å²) in [4.78, 5) is 14.4. The highest BCUT2D eigenvalue weighted by atomic mass is 127. The van der Waals surface area contributed by atoms with Gasteiger partial charge in [-0.3, -0.25) is 19.8 Å². The van der Waals surface area contributed by atoms with Crippen molar-refractivity contribution in [3.05, 3.63) is 58.4 Å². The lowest BCUT2D eigenvalue weighted by molar-refractivity contribution is -0.384. The van der Waals surface area contributed by atoms with Gasteiger partial charge in [-0.2, -0.15) is 5.10 Å². The normalized spacial score (nSPS) is 10.8. The zero-order valence-corrected chi connectivity index (χ0v) is 15.7. The molecule has 0 saturated carbocycles. The number of halogens is 1. The molecule has 130 valence electrons. The van der Waals surface area contributed by atoms with Crippen molar-refractivity contribution in [2.24, 2.45) is 4.99 Å². The van der Waals surface area contributed by atoms with Crippen LogP contribution in [-0.2, 0) is 13.1 Å². The predicted octanol–water partition coefficient (Wildman–Crippen LogP) is 2.16. The van der Waals surface area contributed by atoms with Crippen LogP contribution in [0.15, 0.2) is 47.7 Å². The molecule has 0 fully saturated rings. The third-order valence-corrected chi connectivity index (χ3v) is 3.25. The van der Waals surface area contributed by atoms with Gasteiger partial charge in [-0.05, 0) is 18.1 Å². The van der Waals surface area contributed by atoms with E-state index in [0.29, 0.717) is 12.5 Å². The minimum Gasteiger partial charge on any atom is -0.356 e. The van der Waals surface area contributed by atoms with E-state index < -0.39 is 4.92 Å². The quantitative estimate of drug-likeness (QED) is 0.170. The summed E-state index contributed by atoms with van der Waals surface area (Å²) in [7, 11) is 1.71. The van der Waals surface area contributed by atoms with Crippen molar-refractivity contribution in [1.82, 2.24) is 20.4 Å². The number of aromatic nitrogens is 2. The number of nitrogens with zero attached hydrogens (tertiary/aromatic N) is 4. The van der Waals surface area contributed by atoms with Gasteiger partial charge in [-0.25, -0.2) is 0 Å². The molecule has 0 spiro atoms. The number of non-ortho nitro benzene ring substituents is 1. The molecule has 24 heavy (non-hydrogen) atoms. The highest BCUT2D eigenvalue weighted by Gasteiger charge is 2.04. The van der Waals surface area contributed by atoms with Crippen LogP contribution in [0, 0.1) is 10.1 Å². The van der Waals surface area contributed by atoms with Crippen LogP contribution >= 0.6 is 24.0 Å². The number of benzene rings is 1. The van der Waals surface area contributed by atoms with Gasteiger partial charge in [0, 0.05) is 51.2 Å². The number of aryl methyl sites for hydroxylation is 1. The van der Waals surface area contributed by atoms with E-state index in [-0.39, 0.29) is 29.7 Å². The van der Waals surface area contributed by atoms with Gasteiger partial charge >= 0.3 is 0 Å². The monoisotopic (exact) mass is 444 g/mol. The summed E-state index contributed by atoms with van der Waals surface area (Å²) >= 11 is 0. The predicted molar refractivity (Wildman–Crippen MR) is 104 cm³/mol. The second kappa shape index (κ2) is 10.6. The van der Waals surface area contributed by atoms with Crippen LogP contribution in [-0.4, -0.2) is 34.3 Å². The average molecular weight is 444 g/mol. The first kappa shape index (κ1) is 19.9. The van der Waals surface area contributed by atoms with Gasteiger partial charge in [-0.15, -0.1) is 24.0 Å². The van der Waals surface area contributed by atoms with E-state index >= 15 is 0 Å². The standard InChI is InChI=1S/C15H20N6O2.HI/c1-16-15(17-8-2-10-20-11-3-9-19-20)18-12-13-4-6-14(7-5-13)21(22)23;/h3-7,9,11H,2,8,10,12H2,1H3,(H2,16,17,18);1H. The van der Waals surface area contributed by atoms with E-state index in [1.54, 1.807) is 25.4 Å². The molecule has 1 aromatic heterocycles. The Labute approximate surface area is 157 Å². The lowest BCUT2D eigenvalue weighted by Crippen LogP contribution is -2.37. The molecule has 0 amide bonds. The molecule has 8 nitrogen and oxygen atoms in total. The maximum absolute atomic E-state index is 10.6. The molecule has 0 radical (unpaired) electrons. The molecule has 9 heteroatoms. The Balaban J connectivity index is 0.00000288. The highest BCUT2D eigenvalue weighted by Crippen LogP contribution is 2.11. The largest absolute Gasteiger partial charge is 0.356 e. The second-order valence-electron chi connectivity index (χ2n) is 4.90. The lowest BCUT2D eigenvalue weighted by Gasteiger charge is -2.12. The minimum absolute atomic E-state index is 0. The van der Waals surface area contributed by atoms with Crippen molar-refractivity contribution in [2.45, 2.75) is 19.5 Å². The average Bonchev–Trinajstić information content (AvgIpc) is 3.08. The van der Waals surface area contributed by atoms with Gasteiger partial charge in [0.15, 0.2) is 5.96 Å². The zero-order valence-electron chi connectivity index (χ0n) is 13.4. The number of hydrogen-bond donors (Lipinski definition) is 2. The van der Waals surface area contributed by atoms with Crippen molar-refractivity contribution in [3.8, 4) is 0 Å². The molecule has 0 atom stereocenters. The summed E-state index contributed by atoms with van der Waals surface area (Å²) in [5, 5.41) is 21.2. The van der Waals surface area contributed by atoms with Crippen LogP contribution in [0.5, 0.6) is 0 Å². The summed E-state index contributed by atoms with van der Waals surface area (Å²) in [5.74, 6) is 0.698. The van der Waals surface area contributed by atoms with Crippen LogP contribution in [0.1, 0.15) is 12.0 Å². The van der Waals surface area contributed by atoms with Crippen LogP contribution in [0.4, 0.5) is 5.69 Å². The second-order valence-corrected chi connectivity index (χ2v) is 4.90. The molecular formula is C15H21IN6O2. The van der Waals surface area contributed by atoms with E-state index in [2.05, 4.69) is 20.7 Å². The molecule has 2 aromatic rings. The fourth-order valence-corrected chi connectivity index (χ4v) is 2.02. The van der Waals surface area contributed by atoms with Crippen molar-refractivity contribution in [1.29, 1.82) is 0 Å². The maximum Gasteiger partial charge on any atom is 0.269 e. The summed E-state index contributed by atoms with van der Waals surface area (Å²) in [6.07, 6.45) is 4.62. The molecule has 0 aliphatic rings. The molecule has 1 heterocycles. The van der Waals surface area contributed by atoms with E-state index in [0.717, 1.165) is 25.1 Å². The Morgan fingerprint density at radius 3 is 2.67 bits per heavy atom.